The van der Waals surface area contributed by atoms with Crippen molar-refractivity contribution >= 4 is 34.6 Å². The van der Waals surface area contributed by atoms with Crippen LogP contribution in [0, 0.1) is 3.95 Å². The fourth-order valence-corrected chi connectivity index (χ4v) is 5.21. The van der Waals surface area contributed by atoms with E-state index in [4.69, 9.17) is 17.3 Å². The van der Waals surface area contributed by atoms with Crippen LogP contribution in [0.4, 0.5) is 5.13 Å². The molecule has 29 heavy (non-hydrogen) atoms. The molecule has 2 aromatic rings. The molecule has 0 bridgehead atoms. The highest BCUT2D eigenvalue weighted by molar-refractivity contribution is 7.73. The molecule has 1 saturated carbocycles. The standard InChI is InChI=1S/C21H29N5OS2/c27-19(16-7-3-1-4-8-16)22-18-11-13-25(14-12-18)15-26-21(28)29-20(24-26)23-17-9-5-2-6-10-17/h1,3-4,7-8,17-18H,2,5-6,9-15H2,(H,22,27)(H,23,24). The molecule has 0 atom stereocenters. The summed E-state index contributed by atoms with van der Waals surface area (Å²) in [5, 5.41) is 12.4. The summed E-state index contributed by atoms with van der Waals surface area (Å²) >= 11 is 7.11. The highest BCUT2D eigenvalue weighted by atomic mass is 32.1. The van der Waals surface area contributed by atoms with Gasteiger partial charge in [0, 0.05) is 30.7 Å². The number of nitrogens with zero attached hydrogens (tertiary/aromatic N) is 3. The van der Waals surface area contributed by atoms with Crippen LogP contribution in [0.25, 0.3) is 0 Å². The highest BCUT2D eigenvalue weighted by Crippen LogP contribution is 2.24. The number of nitrogens with one attached hydrogen (secondary N) is 2. The van der Waals surface area contributed by atoms with Crippen LogP contribution in [0.3, 0.4) is 0 Å². The topological polar surface area (TPSA) is 62.2 Å². The Kier molecular flexibility index (Phi) is 6.94. The lowest BCUT2D eigenvalue weighted by atomic mass is 9.96. The summed E-state index contributed by atoms with van der Waals surface area (Å²) in [5.74, 6) is 0.0178. The second-order valence-corrected chi connectivity index (χ2v) is 9.65. The number of carbonyl (C=O) groups excluding carboxylic acids is 1. The number of anilines is 1. The lowest BCUT2D eigenvalue weighted by molar-refractivity contribution is 0.0896. The third-order valence-corrected chi connectivity index (χ3v) is 7.07. The molecule has 1 aliphatic carbocycles. The summed E-state index contributed by atoms with van der Waals surface area (Å²) in [4.78, 5) is 14.7. The van der Waals surface area contributed by atoms with Crippen LogP contribution in [0.15, 0.2) is 30.3 Å². The third-order valence-electron chi connectivity index (χ3n) is 5.83. The Bertz CT molecular complexity index is 851. The predicted molar refractivity (Wildman–Crippen MR) is 120 cm³/mol. The second-order valence-electron chi connectivity index (χ2n) is 8.03. The first-order valence-corrected chi connectivity index (χ1v) is 11.8. The molecule has 1 aromatic heterocycles. The number of likely N-dealkylation sites (tertiary alicyclic amines) is 1. The van der Waals surface area contributed by atoms with Crippen molar-refractivity contribution in [3.05, 3.63) is 39.8 Å². The maximum Gasteiger partial charge on any atom is 0.251 e. The third kappa shape index (κ3) is 5.65. The Morgan fingerprint density at radius 3 is 2.52 bits per heavy atom. The Balaban J connectivity index is 1.25. The Morgan fingerprint density at radius 1 is 1.07 bits per heavy atom. The van der Waals surface area contributed by atoms with Crippen molar-refractivity contribution in [2.75, 3.05) is 18.4 Å². The summed E-state index contributed by atoms with van der Waals surface area (Å²) in [6, 6.07) is 10.2. The quantitative estimate of drug-likeness (QED) is 0.669. The van der Waals surface area contributed by atoms with Gasteiger partial charge < -0.3 is 10.6 Å². The molecule has 6 nitrogen and oxygen atoms in total. The maximum atomic E-state index is 12.3. The number of rotatable bonds is 6. The van der Waals surface area contributed by atoms with Gasteiger partial charge in [-0.05, 0) is 50.0 Å². The van der Waals surface area contributed by atoms with E-state index in [9.17, 15) is 4.79 Å². The monoisotopic (exact) mass is 431 g/mol. The molecular formula is C21H29N5OS2. The fourth-order valence-electron chi connectivity index (χ4n) is 4.14. The summed E-state index contributed by atoms with van der Waals surface area (Å²) < 4.78 is 2.76. The molecule has 1 saturated heterocycles. The molecule has 0 unspecified atom stereocenters. The zero-order valence-corrected chi connectivity index (χ0v) is 18.3. The SMILES string of the molecule is O=C(NC1CCN(Cn2nc(NC3CCCCC3)sc2=S)CC1)c1ccccc1. The predicted octanol–water partition coefficient (Wildman–Crippen LogP) is 4.27. The molecule has 156 valence electrons. The van der Waals surface area contributed by atoms with E-state index in [2.05, 4.69) is 15.5 Å². The minimum absolute atomic E-state index is 0.0178. The van der Waals surface area contributed by atoms with E-state index in [-0.39, 0.29) is 11.9 Å². The van der Waals surface area contributed by atoms with Gasteiger partial charge in [0.25, 0.3) is 5.91 Å². The second kappa shape index (κ2) is 9.82. The van der Waals surface area contributed by atoms with Crippen LogP contribution in [0.5, 0.6) is 0 Å². The van der Waals surface area contributed by atoms with Gasteiger partial charge in [-0.1, -0.05) is 48.8 Å². The molecule has 2 N–H and O–H groups in total. The number of piperidine rings is 1. The van der Waals surface area contributed by atoms with Crippen LogP contribution >= 0.6 is 23.6 Å². The number of amides is 1. The normalized spacial score (nSPS) is 19.2. The number of benzene rings is 1. The van der Waals surface area contributed by atoms with E-state index in [0.29, 0.717) is 6.04 Å². The van der Waals surface area contributed by atoms with E-state index in [1.807, 2.05) is 35.0 Å². The lowest BCUT2D eigenvalue weighted by Gasteiger charge is -2.32. The largest absolute Gasteiger partial charge is 0.357 e. The van der Waals surface area contributed by atoms with Gasteiger partial charge in [0.15, 0.2) is 3.95 Å². The van der Waals surface area contributed by atoms with Gasteiger partial charge in [-0.25, -0.2) is 4.68 Å². The van der Waals surface area contributed by atoms with Gasteiger partial charge >= 0.3 is 0 Å². The average molecular weight is 432 g/mol. The summed E-state index contributed by atoms with van der Waals surface area (Å²) in [6.45, 7) is 2.59. The van der Waals surface area contributed by atoms with Gasteiger partial charge in [-0.2, -0.15) is 0 Å². The van der Waals surface area contributed by atoms with Gasteiger partial charge in [0.2, 0.25) is 5.13 Å². The average Bonchev–Trinajstić information content (AvgIpc) is 3.09. The van der Waals surface area contributed by atoms with Gasteiger partial charge in [-0.3, -0.25) is 9.69 Å². The molecule has 0 radical (unpaired) electrons. The molecule has 8 heteroatoms. The van der Waals surface area contributed by atoms with Crippen molar-refractivity contribution in [2.45, 2.75) is 63.7 Å². The molecule has 2 heterocycles. The van der Waals surface area contributed by atoms with Crippen LogP contribution in [0.2, 0.25) is 0 Å². The minimum atomic E-state index is 0.0178. The molecule has 4 rings (SSSR count). The molecule has 0 spiro atoms. The number of aromatic nitrogens is 2. The van der Waals surface area contributed by atoms with Crippen LogP contribution < -0.4 is 10.6 Å². The zero-order chi connectivity index (χ0) is 20.1. The van der Waals surface area contributed by atoms with E-state index < -0.39 is 0 Å². The van der Waals surface area contributed by atoms with Crippen LogP contribution in [-0.2, 0) is 6.67 Å². The van der Waals surface area contributed by atoms with Gasteiger partial charge in [0.05, 0.1) is 6.67 Å². The number of hydrogen-bond donors (Lipinski definition) is 2. The maximum absolute atomic E-state index is 12.3. The lowest BCUT2D eigenvalue weighted by Crippen LogP contribution is -2.45. The number of carbonyl (C=O) groups is 1. The van der Waals surface area contributed by atoms with Crippen molar-refractivity contribution in [1.82, 2.24) is 20.0 Å². The minimum Gasteiger partial charge on any atom is -0.357 e. The fraction of sp³-hybridized carbons (Fsp3) is 0.571. The first-order valence-electron chi connectivity index (χ1n) is 10.6. The summed E-state index contributed by atoms with van der Waals surface area (Å²) in [7, 11) is 0. The van der Waals surface area contributed by atoms with E-state index in [1.54, 1.807) is 11.3 Å². The van der Waals surface area contributed by atoms with Crippen molar-refractivity contribution in [3.63, 3.8) is 0 Å². The van der Waals surface area contributed by atoms with Gasteiger partial charge in [-0.15, -0.1) is 5.10 Å². The summed E-state index contributed by atoms with van der Waals surface area (Å²) in [6.07, 6.45) is 8.32. The van der Waals surface area contributed by atoms with Crippen LogP contribution in [0.1, 0.15) is 55.3 Å². The molecule has 2 aliphatic rings. The van der Waals surface area contributed by atoms with E-state index in [0.717, 1.165) is 47.2 Å². The zero-order valence-electron chi connectivity index (χ0n) is 16.7. The molecule has 2 fully saturated rings. The van der Waals surface area contributed by atoms with Gasteiger partial charge in [0.1, 0.15) is 0 Å². The molecule has 1 amide bonds. The Hall–Kier alpha value is -1.77. The molecule has 1 aliphatic heterocycles. The number of hydrogen-bond acceptors (Lipinski definition) is 6. The van der Waals surface area contributed by atoms with Crippen molar-refractivity contribution in [2.24, 2.45) is 0 Å². The highest BCUT2D eigenvalue weighted by Gasteiger charge is 2.22. The molecular weight excluding hydrogens is 402 g/mol. The van der Waals surface area contributed by atoms with Crippen molar-refractivity contribution in [1.29, 1.82) is 0 Å². The first-order chi connectivity index (χ1) is 14.2. The first kappa shape index (κ1) is 20.5. The molecule has 1 aromatic carbocycles. The van der Waals surface area contributed by atoms with E-state index in [1.165, 1.54) is 32.1 Å². The van der Waals surface area contributed by atoms with Crippen LogP contribution in [-0.4, -0.2) is 45.8 Å². The summed E-state index contributed by atoms with van der Waals surface area (Å²) in [5.41, 5.74) is 0.724. The van der Waals surface area contributed by atoms with Crippen molar-refractivity contribution in [3.8, 4) is 0 Å². The Labute approximate surface area is 181 Å². The van der Waals surface area contributed by atoms with Crippen molar-refractivity contribution < 1.29 is 4.79 Å². The van der Waals surface area contributed by atoms with E-state index >= 15 is 0 Å². The smallest absolute Gasteiger partial charge is 0.251 e. The Morgan fingerprint density at radius 2 is 1.79 bits per heavy atom.